The Bertz CT molecular complexity index is 286. The monoisotopic (exact) mass is 272 g/mol. The molecule has 0 aliphatic heterocycles. The van der Waals surface area contributed by atoms with Crippen molar-refractivity contribution in [1.82, 2.24) is 0 Å². The molecule has 0 aromatic heterocycles. The molecule has 1 aliphatic carbocycles. The molecule has 8 heteroatoms. The average Bonchev–Trinajstić information content (AvgIpc) is 2.13. The Hall–Kier alpha value is -0.200. The molecular weight excluding hydrogens is 265 g/mol. The third-order valence-corrected chi connectivity index (χ3v) is 3.30. The maximum atomic E-state index is 13.1. The number of alkyl halides is 8. The van der Waals surface area contributed by atoms with Crippen molar-refractivity contribution in [3.63, 3.8) is 0 Å². The van der Waals surface area contributed by atoms with Crippen molar-refractivity contribution in [2.45, 2.75) is 42.7 Å². The van der Waals surface area contributed by atoms with Crippen LogP contribution in [0.25, 0.3) is 0 Å². The van der Waals surface area contributed by atoms with Crippen LogP contribution in [0.3, 0.4) is 0 Å². The lowest BCUT2D eigenvalue weighted by Gasteiger charge is -2.49. The highest BCUT2D eigenvalue weighted by Gasteiger charge is 2.80. The van der Waals surface area contributed by atoms with Crippen molar-refractivity contribution >= 4 is 11.6 Å². The van der Waals surface area contributed by atoms with Gasteiger partial charge in [-0.3, -0.25) is 0 Å². The van der Waals surface area contributed by atoms with Crippen molar-refractivity contribution in [2.24, 2.45) is 5.92 Å². The largest absolute Gasteiger partial charge is 0.317 e. The van der Waals surface area contributed by atoms with Gasteiger partial charge in [-0.05, 0) is 0 Å². The van der Waals surface area contributed by atoms with Gasteiger partial charge in [-0.2, -0.15) is 17.6 Å². The van der Waals surface area contributed by atoms with E-state index in [1.54, 1.807) is 0 Å². The van der Waals surface area contributed by atoms with Gasteiger partial charge in [0.05, 0.1) is 5.92 Å². The molecule has 0 N–H and O–H groups in total. The topological polar surface area (TPSA) is 0 Å². The third kappa shape index (κ3) is 1.58. The van der Waals surface area contributed by atoms with Crippen LogP contribution in [0.2, 0.25) is 0 Å². The van der Waals surface area contributed by atoms with Crippen LogP contribution in [0.1, 0.15) is 19.8 Å². The van der Waals surface area contributed by atoms with Gasteiger partial charge in [0.25, 0.3) is 11.1 Å². The number of rotatable bonds is 3. The molecule has 0 amide bonds. The van der Waals surface area contributed by atoms with Crippen molar-refractivity contribution in [3.8, 4) is 0 Å². The van der Waals surface area contributed by atoms with Gasteiger partial charge in [0, 0.05) is 12.8 Å². The molecule has 1 saturated carbocycles. The maximum Gasteiger partial charge on any atom is 0.317 e. The molecule has 1 aliphatic rings. The van der Waals surface area contributed by atoms with Crippen molar-refractivity contribution in [1.29, 1.82) is 0 Å². The van der Waals surface area contributed by atoms with Gasteiger partial charge in [-0.15, -0.1) is 0 Å². The van der Waals surface area contributed by atoms with Crippen LogP contribution in [-0.4, -0.2) is 22.9 Å². The predicted molar refractivity (Wildman–Crippen MR) is 42.9 cm³/mol. The summed E-state index contributed by atoms with van der Waals surface area (Å²) in [7, 11) is 0. The van der Waals surface area contributed by atoms with Gasteiger partial charge in [0.15, 0.2) is 0 Å². The molecule has 1 rings (SSSR count). The lowest BCUT2D eigenvalue weighted by Crippen LogP contribution is -2.67. The summed E-state index contributed by atoms with van der Waals surface area (Å²) in [6.45, 7) is 0.749. The molecule has 0 bridgehead atoms. The molecule has 1 fully saturated rings. The fraction of sp³-hybridized carbons (Fsp3) is 1.00. The van der Waals surface area contributed by atoms with Crippen LogP contribution < -0.4 is 0 Å². The normalized spacial score (nSPS) is 34.7. The Morgan fingerprint density at radius 1 is 1.19 bits per heavy atom. The first-order chi connectivity index (χ1) is 6.90. The lowest BCUT2D eigenvalue weighted by atomic mass is 9.72. The van der Waals surface area contributed by atoms with E-state index in [1.165, 1.54) is 0 Å². The molecule has 0 radical (unpaired) electrons. The maximum absolute atomic E-state index is 13.1. The SMILES string of the molecule is CCC(F)(F)C(F)(F)[C@@H]1CC(F)(F)[C@@]1(F)Cl. The van der Waals surface area contributed by atoms with Crippen LogP contribution in [-0.2, 0) is 0 Å². The molecular formula is C8H8ClF7. The van der Waals surface area contributed by atoms with Crippen LogP contribution in [0.5, 0.6) is 0 Å². The number of halogens is 8. The van der Waals surface area contributed by atoms with E-state index in [-0.39, 0.29) is 0 Å². The van der Waals surface area contributed by atoms with E-state index >= 15 is 0 Å². The smallest absolute Gasteiger partial charge is 0.219 e. The highest BCUT2D eigenvalue weighted by atomic mass is 35.5. The Morgan fingerprint density at radius 3 is 1.88 bits per heavy atom. The van der Waals surface area contributed by atoms with E-state index in [4.69, 9.17) is 0 Å². The van der Waals surface area contributed by atoms with Crippen LogP contribution >= 0.6 is 11.6 Å². The summed E-state index contributed by atoms with van der Waals surface area (Å²) in [4.78, 5) is 0. The second kappa shape index (κ2) is 3.40. The summed E-state index contributed by atoms with van der Waals surface area (Å²) in [6.07, 6.45) is -2.97. The molecule has 0 aromatic carbocycles. The summed E-state index contributed by atoms with van der Waals surface area (Å²) in [5.74, 6) is -16.5. The van der Waals surface area contributed by atoms with Gasteiger partial charge in [-0.1, -0.05) is 18.5 Å². The molecule has 0 unspecified atom stereocenters. The standard InChI is InChI=1S/C8H8ClF7/c1-2-5(10,11)8(15,16)4-3-6(12,13)7(4,9)14/h4H,2-3H2,1H3/t4-,7-/m1/s1. The predicted octanol–water partition coefficient (Wildman–Crippen LogP) is 4.23. The summed E-state index contributed by atoms with van der Waals surface area (Å²) in [5.41, 5.74) is 0. The van der Waals surface area contributed by atoms with Gasteiger partial charge in [0.1, 0.15) is 0 Å². The molecule has 0 spiro atoms. The van der Waals surface area contributed by atoms with Gasteiger partial charge < -0.3 is 0 Å². The fourth-order valence-corrected chi connectivity index (χ4v) is 1.78. The molecule has 2 atom stereocenters. The Labute approximate surface area is 91.8 Å². The highest BCUT2D eigenvalue weighted by molar-refractivity contribution is 6.24. The first-order valence-electron chi connectivity index (χ1n) is 4.41. The van der Waals surface area contributed by atoms with E-state index in [1.807, 2.05) is 0 Å². The van der Waals surface area contributed by atoms with E-state index in [0.29, 0.717) is 0 Å². The minimum Gasteiger partial charge on any atom is -0.219 e. The zero-order chi connectivity index (χ0) is 13.0. The first-order valence-corrected chi connectivity index (χ1v) is 4.79. The van der Waals surface area contributed by atoms with Crippen molar-refractivity contribution in [3.05, 3.63) is 0 Å². The third-order valence-electron chi connectivity index (χ3n) is 2.76. The summed E-state index contributed by atoms with van der Waals surface area (Å²) >= 11 is 4.58. The summed E-state index contributed by atoms with van der Waals surface area (Å²) in [6, 6.07) is 0. The van der Waals surface area contributed by atoms with E-state index < -0.39 is 41.7 Å². The number of hydrogen-bond donors (Lipinski definition) is 0. The van der Waals surface area contributed by atoms with Crippen LogP contribution in [0.15, 0.2) is 0 Å². The molecule has 0 heterocycles. The first kappa shape index (κ1) is 13.9. The molecule has 16 heavy (non-hydrogen) atoms. The Balaban J connectivity index is 2.98. The quantitative estimate of drug-likeness (QED) is 0.533. The van der Waals surface area contributed by atoms with Crippen LogP contribution in [0.4, 0.5) is 30.7 Å². The zero-order valence-electron chi connectivity index (χ0n) is 8.02. The average molecular weight is 273 g/mol. The minimum absolute atomic E-state index is 0.749. The second-order valence-corrected chi connectivity index (χ2v) is 4.32. The summed E-state index contributed by atoms with van der Waals surface area (Å²) < 4.78 is 89.7. The molecule has 0 aromatic rings. The van der Waals surface area contributed by atoms with Gasteiger partial charge in [0.2, 0.25) is 0 Å². The van der Waals surface area contributed by atoms with Gasteiger partial charge in [-0.25, -0.2) is 13.2 Å². The second-order valence-electron chi connectivity index (χ2n) is 3.77. The van der Waals surface area contributed by atoms with Crippen LogP contribution in [0, 0.1) is 5.92 Å². The highest BCUT2D eigenvalue weighted by Crippen LogP contribution is 2.64. The number of hydrogen-bond acceptors (Lipinski definition) is 0. The molecule has 96 valence electrons. The lowest BCUT2D eigenvalue weighted by molar-refractivity contribution is -0.321. The molecule has 0 nitrogen and oxygen atoms in total. The fourth-order valence-electron chi connectivity index (χ4n) is 1.49. The van der Waals surface area contributed by atoms with Gasteiger partial charge >= 0.3 is 11.8 Å². The van der Waals surface area contributed by atoms with E-state index in [9.17, 15) is 30.7 Å². The van der Waals surface area contributed by atoms with Crippen molar-refractivity contribution in [2.75, 3.05) is 0 Å². The minimum atomic E-state index is -4.89. The molecule has 0 saturated heterocycles. The zero-order valence-corrected chi connectivity index (χ0v) is 8.77. The van der Waals surface area contributed by atoms with E-state index in [0.717, 1.165) is 6.92 Å². The summed E-state index contributed by atoms with van der Waals surface area (Å²) in [5, 5.41) is -4.12. The Kier molecular flexibility index (Phi) is 2.94. The Morgan fingerprint density at radius 2 is 1.62 bits per heavy atom. The van der Waals surface area contributed by atoms with Crippen molar-refractivity contribution < 1.29 is 30.7 Å². The van der Waals surface area contributed by atoms with E-state index in [2.05, 4.69) is 11.6 Å².